The maximum absolute atomic E-state index is 11.4. The normalized spacial score (nSPS) is 14.0. The number of hydrogen-bond acceptors (Lipinski definition) is 4. The first-order valence-corrected chi connectivity index (χ1v) is 6.30. The molecule has 1 atom stereocenters. The molecule has 0 saturated heterocycles. The van der Waals surface area contributed by atoms with E-state index in [-0.39, 0.29) is 24.8 Å². The molecule has 0 aromatic carbocycles. The van der Waals surface area contributed by atoms with Crippen LogP contribution in [0.5, 0.6) is 0 Å². The van der Waals surface area contributed by atoms with Crippen LogP contribution in [0.15, 0.2) is 12.4 Å². The second-order valence-electron chi connectivity index (χ2n) is 3.21. The molecule has 86 valence electrons. The van der Waals surface area contributed by atoms with E-state index >= 15 is 0 Å². The number of nitrogens with zero attached hydrogens (tertiary/aromatic N) is 1. The topological polar surface area (TPSA) is 95.1 Å². The summed E-state index contributed by atoms with van der Waals surface area (Å²) in [4.78, 5) is 6.78. The molecule has 1 aromatic rings. The molecular weight excluding hydrogens is 218 g/mol. The molecule has 1 aromatic heterocycles. The van der Waals surface area contributed by atoms with Crippen molar-refractivity contribution in [2.24, 2.45) is 0 Å². The Balaban J connectivity index is 2.54. The molecule has 1 heterocycles. The van der Waals surface area contributed by atoms with Crippen LogP contribution in [0.4, 0.5) is 0 Å². The molecule has 15 heavy (non-hydrogen) atoms. The molecule has 7 heteroatoms. The van der Waals surface area contributed by atoms with Gasteiger partial charge in [0.1, 0.15) is 5.82 Å². The Morgan fingerprint density at radius 2 is 2.40 bits per heavy atom. The second kappa shape index (κ2) is 5.24. The summed E-state index contributed by atoms with van der Waals surface area (Å²) in [5, 5.41) is 8.54. The number of aliphatic hydroxyl groups excluding tert-OH is 1. The van der Waals surface area contributed by atoms with Crippen LogP contribution in [0, 0.1) is 0 Å². The maximum Gasteiger partial charge on any atom is 0.212 e. The van der Waals surface area contributed by atoms with Crippen LogP contribution < -0.4 is 4.72 Å². The number of rotatable bonds is 6. The molecule has 0 amide bonds. The second-order valence-corrected chi connectivity index (χ2v) is 5.08. The van der Waals surface area contributed by atoms with Gasteiger partial charge in [0, 0.05) is 19.0 Å². The van der Waals surface area contributed by atoms with E-state index in [2.05, 4.69) is 14.7 Å². The van der Waals surface area contributed by atoms with Crippen LogP contribution in [-0.2, 0) is 10.0 Å². The van der Waals surface area contributed by atoms with Crippen LogP contribution in [0.2, 0.25) is 0 Å². The molecule has 0 aliphatic rings. The van der Waals surface area contributed by atoms with Crippen molar-refractivity contribution in [3.8, 4) is 0 Å². The van der Waals surface area contributed by atoms with Crippen molar-refractivity contribution in [2.45, 2.75) is 19.4 Å². The van der Waals surface area contributed by atoms with Crippen molar-refractivity contribution in [2.75, 3.05) is 12.4 Å². The maximum atomic E-state index is 11.4. The van der Waals surface area contributed by atoms with Crippen molar-refractivity contribution in [1.29, 1.82) is 0 Å². The monoisotopic (exact) mass is 233 g/mol. The van der Waals surface area contributed by atoms with E-state index in [1.165, 1.54) is 0 Å². The van der Waals surface area contributed by atoms with Gasteiger partial charge in [0.15, 0.2) is 0 Å². The summed E-state index contributed by atoms with van der Waals surface area (Å²) in [5.74, 6) is 0.497. The zero-order chi connectivity index (χ0) is 11.3. The van der Waals surface area contributed by atoms with Crippen LogP contribution >= 0.6 is 0 Å². The van der Waals surface area contributed by atoms with Gasteiger partial charge >= 0.3 is 0 Å². The number of aromatic amines is 1. The third kappa shape index (κ3) is 3.98. The van der Waals surface area contributed by atoms with Gasteiger partial charge in [-0.2, -0.15) is 0 Å². The van der Waals surface area contributed by atoms with Gasteiger partial charge in [-0.15, -0.1) is 0 Å². The summed E-state index contributed by atoms with van der Waals surface area (Å²) >= 11 is 0. The van der Waals surface area contributed by atoms with E-state index in [0.29, 0.717) is 5.82 Å². The molecule has 0 radical (unpaired) electrons. The highest BCUT2D eigenvalue weighted by Crippen LogP contribution is 2.07. The van der Waals surface area contributed by atoms with Gasteiger partial charge in [-0.25, -0.2) is 18.1 Å². The van der Waals surface area contributed by atoms with E-state index in [9.17, 15) is 8.42 Å². The molecular formula is C8H15N3O3S. The molecule has 1 rings (SSSR count). The summed E-state index contributed by atoms with van der Waals surface area (Å²) in [6.07, 6.45) is 3.43. The number of aromatic nitrogens is 2. The fourth-order valence-electron chi connectivity index (χ4n) is 1.15. The highest BCUT2D eigenvalue weighted by molar-refractivity contribution is 7.89. The SMILES string of the molecule is CC(NS(=O)(=O)CCCO)c1ncc[nH]1. The average Bonchev–Trinajstić information content (AvgIpc) is 2.67. The highest BCUT2D eigenvalue weighted by Gasteiger charge is 2.16. The summed E-state index contributed by atoms with van der Waals surface area (Å²) in [6.45, 7) is 1.57. The standard InChI is InChI=1S/C8H15N3O3S/c1-7(8-9-3-4-10-8)11-15(13,14)6-2-5-12/h3-4,7,11-12H,2,5-6H2,1H3,(H,9,10). The summed E-state index contributed by atoms with van der Waals surface area (Å²) < 4.78 is 25.3. The molecule has 6 nitrogen and oxygen atoms in total. The van der Waals surface area contributed by atoms with Gasteiger partial charge in [0.2, 0.25) is 10.0 Å². The van der Waals surface area contributed by atoms with Crippen molar-refractivity contribution in [3.63, 3.8) is 0 Å². The molecule has 0 aliphatic heterocycles. The summed E-state index contributed by atoms with van der Waals surface area (Å²) in [6, 6.07) is -0.385. The third-order valence-electron chi connectivity index (χ3n) is 1.86. The Morgan fingerprint density at radius 3 is 2.93 bits per heavy atom. The van der Waals surface area contributed by atoms with E-state index in [0.717, 1.165) is 0 Å². The predicted molar refractivity (Wildman–Crippen MR) is 55.6 cm³/mol. The first-order chi connectivity index (χ1) is 7.05. The van der Waals surface area contributed by atoms with E-state index in [4.69, 9.17) is 5.11 Å². The smallest absolute Gasteiger partial charge is 0.212 e. The number of sulfonamides is 1. The summed E-state index contributed by atoms with van der Waals surface area (Å²) in [7, 11) is -3.34. The van der Waals surface area contributed by atoms with Crippen LogP contribution in [-0.4, -0.2) is 35.9 Å². The van der Waals surface area contributed by atoms with Gasteiger partial charge < -0.3 is 10.1 Å². The lowest BCUT2D eigenvalue weighted by molar-refractivity contribution is 0.295. The van der Waals surface area contributed by atoms with Crippen LogP contribution in [0.1, 0.15) is 25.2 Å². The van der Waals surface area contributed by atoms with E-state index in [1.807, 2.05) is 0 Å². The third-order valence-corrected chi connectivity index (χ3v) is 3.40. The van der Waals surface area contributed by atoms with Gasteiger partial charge in [0.25, 0.3) is 0 Å². The van der Waals surface area contributed by atoms with E-state index < -0.39 is 10.0 Å². The van der Waals surface area contributed by atoms with Crippen molar-refractivity contribution in [3.05, 3.63) is 18.2 Å². The lowest BCUT2D eigenvalue weighted by atomic mass is 10.3. The first-order valence-electron chi connectivity index (χ1n) is 4.65. The van der Waals surface area contributed by atoms with Crippen molar-refractivity contribution < 1.29 is 13.5 Å². The molecule has 0 fully saturated rings. The first kappa shape index (κ1) is 12.2. The summed E-state index contributed by atoms with van der Waals surface area (Å²) in [5.41, 5.74) is 0. The number of imidazole rings is 1. The zero-order valence-electron chi connectivity index (χ0n) is 8.47. The van der Waals surface area contributed by atoms with Gasteiger partial charge in [0.05, 0.1) is 11.8 Å². The van der Waals surface area contributed by atoms with Crippen LogP contribution in [0.25, 0.3) is 0 Å². The Bertz CT molecular complexity index is 374. The van der Waals surface area contributed by atoms with E-state index in [1.54, 1.807) is 19.3 Å². The molecule has 0 saturated carbocycles. The lowest BCUT2D eigenvalue weighted by Gasteiger charge is -2.11. The van der Waals surface area contributed by atoms with Gasteiger partial charge in [-0.3, -0.25) is 0 Å². The highest BCUT2D eigenvalue weighted by atomic mass is 32.2. The van der Waals surface area contributed by atoms with Crippen LogP contribution in [0.3, 0.4) is 0 Å². The molecule has 1 unspecified atom stereocenters. The minimum atomic E-state index is -3.34. The number of nitrogens with one attached hydrogen (secondary N) is 2. The number of hydrogen-bond donors (Lipinski definition) is 3. The number of aliphatic hydroxyl groups is 1. The fourth-order valence-corrected chi connectivity index (χ4v) is 2.43. The minimum absolute atomic E-state index is 0.0749. The fraction of sp³-hybridized carbons (Fsp3) is 0.625. The Morgan fingerprint density at radius 1 is 1.67 bits per heavy atom. The Labute approximate surface area is 88.8 Å². The van der Waals surface area contributed by atoms with Gasteiger partial charge in [-0.05, 0) is 13.3 Å². The minimum Gasteiger partial charge on any atom is -0.396 e. The molecule has 0 spiro atoms. The van der Waals surface area contributed by atoms with Crippen molar-refractivity contribution in [1.82, 2.24) is 14.7 Å². The predicted octanol–water partition coefficient (Wildman–Crippen LogP) is -0.228. The zero-order valence-corrected chi connectivity index (χ0v) is 9.29. The van der Waals surface area contributed by atoms with Gasteiger partial charge in [-0.1, -0.05) is 0 Å². The molecule has 0 aliphatic carbocycles. The Kier molecular flexibility index (Phi) is 4.25. The lowest BCUT2D eigenvalue weighted by Crippen LogP contribution is -2.30. The number of H-pyrrole nitrogens is 1. The van der Waals surface area contributed by atoms with Crippen molar-refractivity contribution >= 4 is 10.0 Å². The average molecular weight is 233 g/mol. The molecule has 3 N–H and O–H groups in total. The largest absolute Gasteiger partial charge is 0.396 e. The Hall–Kier alpha value is -0.920. The quantitative estimate of drug-likeness (QED) is 0.632. The molecule has 0 bridgehead atoms.